The maximum atomic E-state index is 6.47. The first-order chi connectivity index (χ1) is 10.5. The SMILES string of the molecule is COCOC(c1c(Cl)cccc1Cl)C(C)O[Si](C)(C)C(C)(C)C. The molecule has 2 atom stereocenters. The monoisotopic (exact) mass is 378 g/mol. The van der Waals surface area contributed by atoms with Crippen LogP contribution in [0.5, 0.6) is 0 Å². The summed E-state index contributed by atoms with van der Waals surface area (Å²) in [6, 6.07) is 5.44. The number of hydrogen-bond donors (Lipinski definition) is 0. The van der Waals surface area contributed by atoms with Crippen molar-refractivity contribution in [1.29, 1.82) is 0 Å². The summed E-state index contributed by atoms with van der Waals surface area (Å²) in [6.45, 7) is 13.2. The van der Waals surface area contributed by atoms with Gasteiger partial charge in [-0.2, -0.15) is 0 Å². The Morgan fingerprint density at radius 2 is 1.65 bits per heavy atom. The highest BCUT2D eigenvalue weighted by Crippen LogP contribution is 2.41. The number of benzene rings is 1. The maximum Gasteiger partial charge on any atom is 0.192 e. The van der Waals surface area contributed by atoms with Crippen LogP contribution in [0.25, 0.3) is 0 Å². The molecule has 0 radical (unpaired) electrons. The first-order valence-electron chi connectivity index (χ1n) is 7.73. The van der Waals surface area contributed by atoms with Gasteiger partial charge in [0.05, 0.1) is 6.10 Å². The van der Waals surface area contributed by atoms with Crippen LogP contribution in [0.4, 0.5) is 0 Å². The molecule has 0 saturated carbocycles. The molecule has 132 valence electrons. The van der Waals surface area contributed by atoms with Crippen LogP contribution in [0.3, 0.4) is 0 Å². The molecule has 1 aromatic carbocycles. The van der Waals surface area contributed by atoms with E-state index in [1.807, 2.05) is 25.1 Å². The van der Waals surface area contributed by atoms with Crippen molar-refractivity contribution in [3.63, 3.8) is 0 Å². The lowest BCUT2D eigenvalue weighted by Crippen LogP contribution is -2.45. The van der Waals surface area contributed by atoms with Gasteiger partial charge in [-0.05, 0) is 37.2 Å². The lowest BCUT2D eigenvalue weighted by atomic mass is 10.1. The molecule has 0 fully saturated rings. The Morgan fingerprint density at radius 3 is 2.09 bits per heavy atom. The average molecular weight is 379 g/mol. The van der Waals surface area contributed by atoms with Gasteiger partial charge in [-0.15, -0.1) is 0 Å². The Hall–Kier alpha value is -0.103. The Balaban J connectivity index is 3.12. The summed E-state index contributed by atoms with van der Waals surface area (Å²) in [4.78, 5) is 0. The first kappa shape index (κ1) is 20.9. The minimum Gasteiger partial charge on any atom is -0.411 e. The quantitative estimate of drug-likeness (QED) is 0.425. The average Bonchev–Trinajstić information content (AvgIpc) is 2.40. The summed E-state index contributed by atoms with van der Waals surface area (Å²) in [7, 11) is -0.357. The third-order valence-electron chi connectivity index (χ3n) is 4.36. The molecule has 3 nitrogen and oxygen atoms in total. The molecule has 0 aromatic heterocycles. The van der Waals surface area contributed by atoms with Gasteiger partial charge in [0.2, 0.25) is 0 Å². The van der Waals surface area contributed by atoms with E-state index < -0.39 is 8.32 Å². The third kappa shape index (κ3) is 5.45. The van der Waals surface area contributed by atoms with Gasteiger partial charge in [0.25, 0.3) is 0 Å². The molecule has 0 aliphatic carbocycles. The number of rotatable bonds is 7. The standard InChI is InChI=1S/C17H28Cl2O3Si/c1-12(22-23(6,7)17(2,3)4)16(21-11-20-5)15-13(18)9-8-10-14(15)19/h8-10,12,16H,11H2,1-7H3. The van der Waals surface area contributed by atoms with E-state index in [2.05, 4.69) is 33.9 Å². The van der Waals surface area contributed by atoms with Crippen LogP contribution >= 0.6 is 23.2 Å². The molecular weight excluding hydrogens is 351 g/mol. The fraction of sp³-hybridized carbons (Fsp3) is 0.647. The summed E-state index contributed by atoms with van der Waals surface area (Å²) in [6.07, 6.45) is -0.575. The lowest BCUT2D eigenvalue weighted by molar-refractivity contribution is -0.107. The van der Waals surface area contributed by atoms with Gasteiger partial charge in [-0.3, -0.25) is 0 Å². The van der Waals surface area contributed by atoms with E-state index in [0.29, 0.717) is 10.0 Å². The fourth-order valence-electron chi connectivity index (χ4n) is 2.08. The number of methoxy groups -OCH3 is 1. The molecule has 1 aromatic rings. The van der Waals surface area contributed by atoms with Gasteiger partial charge < -0.3 is 13.9 Å². The summed E-state index contributed by atoms with van der Waals surface area (Å²) in [5.74, 6) is 0. The Kier molecular flexibility index (Phi) is 7.58. The highest BCUT2D eigenvalue weighted by atomic mass is 35.5. The Labute approximate surface area is 151 Å². The fourth-order valence-corrected chi connectivity index (χ4v) is 4.10. The molecule has 0 aliphatic heterocycles. The molecule has 23 heavy (non-hydrogen) atoms. The number of halogens is 2. The summed E-state index contributed by atoms with van der Waals surface area (Å²) in [5.41, 5.74) is 0.749. The third-order valence-corrected chi connectivity index (χ3v) is 9.60. The van der Waals surface area contributed by atoms with Gasteiger partial charge in [0.15, 0.2) is 8.32 Å². The van der Waals surface area contributed by atoms with E-state index in [1.54, 1.807) is 7.11 Å². The second-order valence-corrected chi connectivity index (χ2v) is 12.8. The van der Waals surface area contributed by atoms with Crippen LogP contribution < -0.4 is 0 Å². The molecule has 0 amide bonds. The van der Waals surface area contributed by atoms with Crippen molar-refractivity contribution < 1.29 is 13.9 Å². The van der Waals surface area contributed by atoms with Gasteiger partial charge in [0.1, 0.15) is 12.9 Å². The molecule has 1 rings (SSSR count). The van der Waals surface area contributed by atoms with Crippen LogP contribution in [0, 0.1) is 0 Å². The van der Waals surface area contributed by atoms with E-state index in [0.717, 1.165) is 5.56 Å². The second-order valence-electron chi connectivity index (χ2n) is 7.21. The molecule has 0 N–H and O–H groups in total. The highest BCUT2D eigenvalue weighted by Gasteiger charge is 2.40. The van der Waals surface area contributed by atoms with Crippen LogP contribution in [-0.2, 0) is 13.9 Å². The van der Waals surface area contributed by atoms with Crippen LogP contribution in [0.2, 0.25) is 28.2 Å². The summed E-state index contributed by atoms with van der Waals surface area (Å²) in [5, 5.41) is 1.26. The molecule has 0 spiro atoms. The summed E-state index contributed by atoms with van der Waals surface area (Å²) >= 11 is 12.7. The van der Waals surface area contributed by atoms with E-state index >= 15 is 0 Å². The molecule has 0 heterocycles. The molecule has 0 bridgehead atoms. The Bertz CT molecular complexity index is 495. The predicted octanol–water partition coefficient (Wildman–Crippen LogP) is 6.07. The van der Waals surface area contributed by atoms with Gasteiger partial charge in [-0.25, -0.2) is 0 Å². The van der Waals surface area contributed by atoms with E-state index in [9.17, 15) is 0 Å². The van der Waals surface area contributed by atoms with Gasteiger partial charge >= 0.3 is 0 Å². The predicted molar refractivity (Wildman–Crippen MR) is 99.9 cm³/mol. The summed E-state index contributed by atoms with van der Waals surface area (Å²) < 4.78 is 17.4. The van der Waals surface area contributed by atoms with Crippen molar-refractivity contribution in [2.75, 3.05) is 13.9 Å². The van der Waals surface area contributed by atoms with E-state index in [1.165, 1.54) is 0 Å². The van der Waals surface area contributed by atoms with Crippen molar-refractivity contribution >= 4 is 31.5 Å². The van der Waals surface area contributed by atoms with Crippen molar-refractivity contribution in [2.24, 2.45) is 0 Å². The lowest BCUT2D eigenvalue weighted by Gasteiger charge is -2.40. The zero-order valence-corrected chi connectivity index (χ0v) is 17.6. The van der Waals surface area contributed by atoms with Crippen molar-refractivity contribution in [3.05, 3.63) is 33.8 Å². The van der Waals surface area contributed by atoms with Gasteiger partial charge in [-0.1, -0.05) is 50.0 Å². The van der Waals surface area contributed by atoms with E-state index in [4.69, 9.17) is 37.1 Å². The topological polar surface area (TPSA) is 27.7 Å². The van der Waals surface area contributed by atoms with E-state index in [-0.39, 0.29) is 24.0 Å². The van der Waals surface area contributed by atoms with Crippen molar-refractivity contribution in [1.82, 2.24) is 0 Å². The highest BCUT2D eigenvalue weighted by molar-refractivity contribution is 6.74. The molecule has 6 heteroatoms. The minimum absolute atomic E-state index is 0.108. The number of hydrogen-bond acceptors (Lipinski definition) is 3. The normalized spacial score (nSPS) is 15.5. The van der Waals surface area contributed by atoms with Crippen LogP contribution in [-0.4, -0.2) is 28.3 Å². The largest absolute Gasteiger partial charge is 0.411 e. The van der Waals surface area contributed by atoms with Crippen LogP contribution in [0.15, 0.2) is 18.2 Å². The first-order valence-corrected chi connectivity index (χ1v) is 11.4. The van der Waals surface area contributed by atoms with Crippen molar-refractivity contribution in [2.45, 2.75) is 58.0 Å². The molecular formula is C17H28Cl2O3Si. The smallest absolute Gasteiger partial charge is 0.192 e. The van der Waals surface area contributed by atoms with Crippen LogP contribution in [0.1, 0.15) is 39.4 Å². The zero-order chi connectivity index (χ0) is 17.8. The van der Waals surface area contributed by atoms with Crippen molar-refractivity contribution in [3.8, 4) is 0 Å². The second kappa shape index (κ2) is 8.32. The molecule has 0 aliphatic rings. The molecule has 2 unspecified atom stereocenters. The minimum atomic E-state index is -1.94. The number of ether oxygens (including phenoxy) is 2. The Morgan fingerprint density at radius 1 is 1.13 bits per heavy atom. The van der Waals surface area contributed by atoms with Gasteiger partial charge in [0, 0.05) is 22.7 Å². The molecule has 0 saturated heterocycles. The maximum absolute atomic E-state index is 6.47. The zero-order valence-electron chi connectivity index (χ0n) is 15.1.